The maximum atomic E-state index is 3.99. The van der Waals surface area contributed by atoms with Crippen LogP contribution in [0, 0.1) is 0 Å². The fourth-order valence-electron chi connectivity index (χ4n) is 3.96. The van der Waals surface area contributed by atoms with Crippen molar-refractivity contribution in [1.82, 2.24) is 0 Å². The minimum absolute atomic E-state index is 1.10. The Morgan fingerprint density at radius 2 is 1.58 bits per heavy atom. The first-order chi connectivity index (χ1) is 12.7. The Morgan fingerprint density at radius 3 is 2.27 bits per heavy atom. The molecule has 1 N–H and O–H groups in total. The number of para-hydroxylation sites is 1. The van der Waals surface area contributed by atoms with Gasteiger partial charge in [0.05, 0.1) is 0 Å². The molecule has 1 nitrogen and oxygen atoms in total. The molecule has 0 heterocycles. The van der Waals surface area contributed by atoms with Crippen molar-refractivity contribution in [2.45, 2.75) is 52.0 Å². The first kappa shape index (κ1) is 18.7. The Kier molecular flexibility index (Phi) is 6.51. The van der Waals surface area contributed by atoms with Gasteiger partial charge in [0.2, 0.25) is 8.24 Å². The zero-order chi connectivity index (χ0) is 18.2. The first-order valence-electron chi connectivity index (χ1n) is 10.0. The van der Waals surface area contributed by atoms with Crippen molar-refractivity contribution in [3.05, 3.63) is 83.6 Å². The lowest BCUT2D eigenvalue weighted by Gasteiger charge is -2.33. The fourth-order valence-corrected chi connectivity index (χ4v) is 7.58. The lowest BCUT2D eigenvalue weighted by atomic mass is 10.1. The molecule has 0 spiro atoms. The molecule has 0 radical (unpaired) electrons. The van der Waals surface area contributed by atoms with Crippen molar-refractivity contribution in [2.75, 3.05) is 4.98 Å². The van der Waals surface area contributed by atoms with E-state index in [1.165, 1.54) is 43.0 Å². The topological polar surface area (TPSA) is 12.0 Å². The van der Waals surface area contributed by atoms with Crippen molar-refractivity contribution in [3.8, 4) is 0 Å². The Hall–Kier alpha value is -2.06. The van der Waals surface area contributed by atoms with E-state index in [0.717, 1.165) is 6.42 Å². The van der Waals surface area contributed by atoms with Crippen molar-refractivity contribution >= 4 is 19.1 Å². The molecule has 1 aliphatic carbocycles. The van der Waals surface area contributed by atoms with Crippen molar-refractivity contribution in [1.29, 1.82) is 0 Å². The molecule has 136 valence electrons. The van der Waals surface area contributed by atoms with E-state index in [2.05, 4.69) is 91.3 Å². The molecule has 2 aromatic rings. The molecule has 3 rings (SSSR count). The van der Waals surface area contributed by atoms with Crippen LogP contribution in [0.1, 0.15) is 45.4 Å². The average Bonchev–Trinajstić information content (AvgIpc) is 3.16. The summed E-state index contributed by atoms with van der Waals surface area (Å²) in [6.45, 7) is 4.76. The van der Waals surface area contributed by atoms with Crippen LogP contribution in [0.3, 0.4) is 0 Å². The Balaban J connectivity index is 1.92. The second-order valence-corrected chi connectivity index (χ2v) is 11.1. The second-order valence-electron chi connectivity index (χ2n) is 7.40. The van der Waals surface area contributed by atoms with E-state index in [1.54, 1.807) is 10.8 Å². The standard InChI is InChI=1S/C24H31NSi/c1-3-4-5-8-14-21-15-13-20-24(21)26(2,23-18-11-7-12-19-23)25-22-16-9-6-10-17-22/h6-7,9-13,15-19,25H,3-5,8,14,20H2,1-2H3. The van der Waals surface area contributed by atoms with E-state index in [9.17, 15) is 0 Å². The third kappa shape index (κ3) is 4.36. The van der Waals surface area contributed by atoms with Gasteiger partial charge in [0.15, 0.2) is 0 Å². The van der Waals surface area contributed by atoms with Crippen LogP contribution < -0.4 is 10.2 Å². The Morgan fingerprint density at radius 1 is 0.885 bits per heavy atom. The van der Waals surface area contributed by atoms with Crippen molar-refractivity contribution in [3.63, 3.8) is 0 Å². The number of nitrogens with one attached hydrogen (secondary N) is 1. The Labute approximate surface area is 159 Å². The summed E-state index contributed by atoms with van der Waals surface area (Å²) in [5, 5.41) is 3.12. The van der Waals surface area contributed by atoms with E-state index in [0.29, 0.717) is 0 Å². The summed E-state index contributed by atoms with van der Waals surface area (Å²) < 4.78 is 0. The molecule has 0 bridgehead atoms. The summed E-state index contributed by atoms with van der Waals surface area (Å²) in [6, 6.07) is 21.8. The van der Waals surface area contributed by atoms with Crippen LogP contribution >= 0.6 is 0 Å². The Bertz CT molecular complexity index is 748. The average molecular weight is 362 g/mol. The van der Waals surface area contributed by atoms with Crippen molar-refractivity contribution < 1.29 is 0 Å². The molecule has 0 aliphatic heterocycles. The summed E-state index contributed by atoms with van der Waals surface area (Å²) in [7, 11) is -2.00. The molecule has 1 aliphatic rings. The molecule has 2 heteroatoms. The molecule has 1 unspecified atom stereocenters. The molecule has 26 heavy (non-hydrogen) atoms. The van der Waals surface area contributed by atoms with Gasteiger partial charge in [-0.05, 0) is 48.3 Å². The fraction of sp³-hybridized carbons (Fsp3) is 0.333. The smallest absolute Gasteiger partial charge is 0.211 e. The number of benzene rings is 2. The summed E-state index contributed by atoms with van der Waals surface area (Å²) >= 11 is 0. The van der Waals surface area contributed by atoms with E-state index < -0.39 is 8.24 Å². The van der Waals surface area contributed by atoms with Gasteiger partial charge >= 0.3 is 0 Å². The van der Waals surface area contributed by atoms with Gasteiger partial charge in [-0.3, -0.25) is 0 Å². The molecule has 0 saturated heterocycles. The van der Waals surface area contributed by atoms with Crippen LogP contribution in [-0.2, 0) is 0 Å². The highest BCUT2D eigenvalue weighted by atomic mass is 28.3. The van der Waals surface area contributed by atoms with E-state index in [4.69, 9.17) is 0 Å². The maximum absolute atomic E-state index is 3.99. The molecule has 1 atom stereocenters. The zero-order valence-corrected chi connectivity index (χ0v) is 17.2. The minimum Gasteiger partial charge on any atom is -0.404 e. The minimum atomic E-state index is -2.00. The van der Waals surface area contributed by atoms with Crippen LogP contribution in [0.2, 0.25) is 6.55 Å². The second kappa shape index (κ2) is 9.04. The first-order valence-corrected chi connectivity index (χ1v) is 12.5. The highest BCUT2D eigenvalue weighted by Gasteiger charge is 2.36. The third-order valence-corrected chi connectivity index (χ3v) is 9.46. The quantitative estimate of drug-likeness (QED) is 0.405. The summed E-state index contributed by atoms with van der Waals surface area (Å²) in [5.41, 5.74) is 2.82. The van der Waals surface area contributed by atoms with Crippen LogP contribution in [0.5, 0.6) is 0 Å². The van der Waals surface area contributed by atoms with Crippen molar-refractivity contribution in [2.24, 2.45) is 0 Å². The van der Waals surface area contributed by atoms with Crippen LogP contribution in [-0.4, -0.2) is 8.24 Å². The SMILES string of the molecule is CCCCCCC1=C([Si](C)(Nc2ccccc2)c2ccccc2)CC=C1. The number of hydrogen-bond donors (Lipinski definition) is 1. The number of hydrogen-bond acceptors (Lipinski definition) is 1. The summed E-state index contributed by atoms with van der Waals surface area (Å²) in [4.78, 5) is 3.99. The maximum Gasteiger partial charge on any atom is 0.211 e. The van der Waals surface area contributed by atoms with Gasteiger partial charge in [0.25, 0.3) is 0 Å². The van der Waals surface area contributed by atoms with Gasteiger partial charge in [0, 0.05) is 5.69 Å². The number of allylic oxidation sites excluding steroid dienone is 4. The van der Waals surface area contributed by atoms with Gasteiger partial charge in [0.1, 0.15) is 0 Å². The van der Waals surface area contributed by atoms with Gasteiger partial charge in [-0.25, -0.2) is 0 Å². The lowest BCUT2D eigenvalue weighted by molar-refractivity contribution is 0.668. The highest BCUT2D eigenvalue weighted by Crippen LogP contribution is 2.32. The molecule has 0 amide bonds. The van der Waals surface area contributed by atoms with E-state index in [1.807, 2.05) is 0 Å². The molecular weight excluding hydrogens is 330 g/mol. The summed E-state index contributed by atoms with van der Waals surface area (Å²) in [6.07, 6.45) is 12.4. The van der Waals surface area contributed by atoms with Crippen LogP contribution in [0.25, 0.3) is 0 Å². The summed E-state index contributed by atoms with van der Waals surface area (Å²) in [5.74, 6) is 0. The largest absolute Gasteiger partial charge is 0.404 e. The molecule has 0 saturated carbocycles. The monoisotopic (exact) mass is 361 g/mol. The molecule has 0 fully saturated rings. The number of anilines is 1. The normalized spacial score (nSPS) is 15.9. The van der Waals surface area contributed by atoms with Gasteiger partial charge in [-0.15, -0.1) is 0 Å². The molecule has 2 aromatic carbocycles. The van der Waals surface area contributed by atoms with Gasteiger partial charge in [-0.1, -0.05) is 92.4 Å². The van der Waals surface area contributed by atoms with Gasteiger partial charge in [-0.2, -0.15) is 0 Å². The molecular formula is C24H31NSi. The van der Waals surface area contributed by atoms with Crippen LogP contribution in [0.4, 0.5) is 5.69 Å². The lowest BCUT2D eigenvalue weighted by Crippen LogP contribution is -2.54. The predicted octanol–water partition coefficient (Wildman–Crippen LogP) is 6.35. The molecule has 0 aromatic heterocycles. The highest BCUT2D eigenvalue weighted by molar-refractivity contribution is 6.99. The van der Waals surface area contributed by atoms with E-state index in [-0.39, 0.29) is 0 Å². The third-order valence-electron chi connectivity index (χ3n) is 5.45. The number of rotatable bonds is 9. The van der Waals surface area contributed by atoms with Gasteiger partial charge < -0.3 is 4.98 Å². The van der Waals surface area contributed by atoms with Crippen LogP contribution in [0.15, 0.2) is 83.6 Å². The van der Waals surface area contributed by atoms with E-state index >= 15 is 0 Å². The predicted molar refractivity (Wildman–Crippen MR) is 117 cm³/mol. The number of unbranched alkanes of at least 4 members (excludes halogenated alkanes) is 3. The zero-order valence-electron chi connectivity index (χ0n) is 16.2.